The van der Waals surface area contributed by atoms with E-state index in [0.29, 0.717) is 22.9 Å². The zero-order valence-electron chi connectivity index (χ0n) is 8.72. The Balaban J connectivity index is 2.20. The third-order valence-corrected chi connectivity index (χ3v) is 4.93. The maximum Gasteiger partial charge on any atom is 0.305 e. The second kappa shape index (κ2) is 4.39. The lowest BCUT2D eigenvalue weighted by Gasteiger charge is -2.02. The van der Waals surface area contributed by atoms with E-state index in [9.17, 15) is 13.2 Å². The zero-order valence-corrected chi connectivity index (χ0v) is 10.4. The lowest BCUT2D eigenvalue weighted by molar-refractivity contribution is 0.580. The van der Waals surface area contributed by atoms with Crippen molar-refractivity contribution in [3.63, 3.8) is 0 Å². The number of aryl methyl sites for hydroxylation is 1. The summed E-state index contributed by atoms with van der Waals surface area (Å²) in [6.45, 7) is 1.52. The van der Waals surface area contributed by atoms with Crippen molar-refractivity contribution in [1.82, 2.24) is 24.9 Å². The normalized spacial score (nSPS) is 11.8. The van der Waals surface area contributed by atoms with Gasteiger partial charge >= 0.3 is 4.87 Å². The standard InChI is InChI=1S/C7H9N5O3S2/c1-4-6(16-7(13)11-4)17(14,15)10-2-5-8-3-9-12-5/h3,10H,2H2,1H3,(H,11,13)(H,8,9,12). The van der Waals surface area contributed by atoms with Gasteiger partial charge in [0.25, 0.3) is 10.0 Å². The van der Waals surface area contributed by atoms with Gasteiger partial charge in [0.15, 0.2) is 4.21 Å². The predicted octanol–water partition coefficient (Wildman–Crippen LogP) is -0.659. The Labute approximate surface area is 100 Å². The first-order valence-electron chi connectivity index (χ1n) is 4.52. The van der Waals surface area contributed by atoms with Gasteiger partial charge in [-0.1, -0.05) is 11.3 Å². The van der Waals surface area contributed by atoms with Gasteiger partial charge in [0.2, 0.25) is 0 Å². The van der Waals surface area contributed by atoms with E-state index >= 15 is 0 Å². The van der Waals surface area contributed by atoms with Crippen LogP contribution in [0.15, 0.2) is 15.3 Å². The molecule has 2 aromatic heterocycles. The fraction of sp³-hybridized carbons (Fsp3) is 0.286. The van der Waals surface area contributed by atoms with Crippen molar-refractivity contribution < 1.29 is 8.42 Å². The fourth-order valence-corrected chi connectivity index (χ4v) is 3.52. The summed E-state index contributed by atoms with van der Waals surface area (Å²) < 4.78 is 26.0. The van der Waals surface area contributed by atoms with Gasteiger partial charge in [0, 0.05) is 5.69 Å². The molecule has 0 amide bonds. The van der Waals surface area contributed by atoms with Crippen molar-refractivity contribution in [1.29, 1.82) is 0 Å². The molecule has 8 nitrogen and oxygen atoms in total. The van der Waals surface area contributed by atoms with Gasteiger partial charge in [-0.3, -0.25) is 9.89 Å². The Morgan fingerprint density at radius 2 is 2.29 bits per heavy atom. The van der Waals surface area contributed by atoms with Crippen LogP contribution in [0.5, 0.6) is 0 Å². The second-order valence-electron chi connectivity index (χ2n) is 3.18. The maximum absolute atomic E-state index is 11.8. The minimum absolute atomic E-state index is 0.00609. The Hall–Kier alpha value is -1.52. The van der Waals surface area contributed by atoms with E-state index in [4.69, 9.17) is 0 Å². The lowest BCUT2D eigenvalue weighted by atomic mass is 10.6. The minimum Gasteiger partial charge on any atom is -0.315 e. The Kier molecular flexibility index (Phi) is 3.09. The topological polar surface area (TPSA) is 121 Å². The van der Waals surface area contributed by atoms with E-state index in [1.807, 2.05) is 0 Å². The number of hydrogen-bond donors (Lipinski definition) is 3. The van der Waals surface area contributed by atoms with Crippen molar-refractivity contribution in [2.45, 2.75) is 17.7 Å². The van der Waals surface area contributed by atoms with E-state index in [1.165, 1.54) is 13.3 Å². The molecule has 0 aliphatic carbocycles. The van der Waals surface area contributed by atoms with Crippen LogP contribution in [0.4, 0.5) is 0 Å². The quantitative estimate of drug-likeness (QED) is 0.684. The van der Waals surface area contributed by atoms with Gasteiger partial charge in [0.05, 0.1) is 6.54 Å². The Morgan fingerprint density at radius 1 is 1.53 bits per heavy atom. The predicted molar refractivity (Wildman–Crippen MR) is 60.1 cm³/mol. The Bertz CT molecular complexity index is 654. The summed E-state index contributed by atoms with van der Waals surface area (Å²) in [7, 11) is -3.70. The number of nitrogens with zero attached hydrogens (tertiary/aromatic N) is 2. The second-order valence-corrected chi connectivity index (χ2v) is 6.13. The van der Waals surface area contributed by atoms with Gasteiger partial charge in [-0.2, -0.15) is 5.10 Å². The molecule has 0 atom stereocenters. The SMILES string of the molecule is Cc1[nH]c(=O)sc1S(=O)(=O)NCc1ncn[nH]1. The number of thiazole rings is 1. The van der Waals surface area contributed by atoms with Crippen LogP contribution < -0.4 is 9.60 Å². The first kappa shape index (κ1) is 12.0. The average Bonchev–Trinajstić information content (AvgIpc) is 2.85. The molecule has 0 bridgehead atoms. The first-order chi connectivity index (χ1) is 7.99. The largest absolute Gasteiger partial charge is 0.315 e. The number of sulfonamides is 1. The smallest absolute Gasteiger partial charge is 0.305 e. The summed E-state index contributed by atoms with van der Waals surface area (Å²) in [5, 5.41) is 6.12. The molecular formula is C7H9N5O3S2. The van der Waals surface area contributed by atoms with Crippen molar-refractivity contribution in [3.8, 4) is 0 Å². The van der Waals surface area contributed by atoms with Crippen molar-refractivity contribution >= 4 is 21.4 Å². The molecule has 0 aliphatic rings. The van der Waals surface area contributed by atoms with Crippen LogP contribution in [0.25, 0.3) is 0 Å². The summed E-state index contributed by atoms with van der Waals surface area (Å²) in [5.41, 5.74) is 0.324. The molecule has 0 radical (unpaired) electrons. The monoisotopic (exact) mass is 275 g/mol. The summed E-state index contributed by atoms with van der Waals surface area (Å²) in [5.74, 6) is 0.397. The molecule has 2 heterocycles. The molecule has 2 rings (SSSR count). The van der Waals surface area contributed by atoms with E-state index in [2.05, 4.69) is 24.9 Å². The van der Waals surface area contributed by atoms with Gasteiger partial charge in [-0.25, -0.2) is 18.1 Å². The molecule has 10 heteroatoms. The molecule has 92 valence electrons. The summed E-state index contributed by atoms with van der Waals surface area (Å²) in [6.07, 6.45) is 1.28. The highest BCUT2D eigenvalue weighted by Crippen LogP contribution is 2.15. The zero-order chi connectivity index (χ0) is 12.5. The lowest BCUT2D eigenvalue weighted by Crippen LogP contribution is -2.23. The Morgan fingerprint density at radius 3 is 2.82 bits per heavy atom. The number of aromatic nitrogens is 4. The number of H-pyrrole nitrogens is 2. The van der Waals surface area contributed by atoms with E-state index in [-0.39, 0.29) is 10.8 Å². The molecule has 0 saturated carbocycles. The number of aromatic amines is 2. The molecule has 0 unspecified atom stereocenters. The van der Waals surface area contributed by atoms with Crippen LogP contribution in [0, 0.1) is 6.92 Å². The van der Waals surface area contributed by atoms with E-state index in [1.54, 1.807) is 0 Å². The van der Waals surface area contributed by atoms with Gasteiger partial charge < -0.3 is 4.98 Å². The van der Waals surface area contributed by atoms with Crippen LogP contribution >= 0.6 is 11.3 Å². The highest BCUT2D eigenvalue weighted by atomic mass is 32.2. The fourth-order valence-electron chi connectivity index (χ4n) is 1.19. The molecule has 0 aromatic carbocycles. The van der Waals surface area contributed by atoms with Gasteiger partial charge in [-0.05, 0) is 6.92 Å². The van der Waals surface area contributed by atoms with Crippen LogP contribution in [0.2, 0.25) is 0 Å². The van der Waals surface area contributed by atoms with Gasteiger partial charge in [-0.15, -0.1) is 0 Å². The summed E-state index contributed by atoms with van der Waals surface area (Å²) in [6, 6.07) is 0. The maximum atomic E-state index is 11.8. The first-order valence-corrected chi connectivity index (χ1v) is 6.82. The molecule has 17 heavy (non-hydrogen) atoms. The van der Waals surface area contributed by atoms with Crippen LogP contribution in [-0.2, 0) is 16.6 Å². The number of hydrogen-bond acceptors (Lipinski definition) is 6. The van der Waals surface area contributed by atoms with Crippen LogP contribution in [-0.4, -0.2) is 28.6 Å². The highest BCUT2D eigenvalue weighted by molar-refractivity contribution is 7.91. The van der Waals surface area contributed by atoms with Crippen molar-refractivity contribution in [2.75, 3.05) is 0 Å². The molecule has 0 aliphatic heterocycles. The minimum atomic E-state index is -3.70. The molecule has 0 fully saturated rings. The molecule has 2 aromatic rings. The highest BCUT2D eigenvalue weighted by Gasteiger charge is 2.20. The van der Waals surface area contributed by atoms with Crippen molar-refractivity contribution in [2.24, 2.45) is 0 Å². The summed E-state index contributed by atoms with van der Waals surface area (Å²) in [4.78, 5) is 16.8. The van der Waals surface area contributed by atoms with E-state index < -0.39 is 14.9 Å². The third-order valence-electron chi connectivity index (χ3n) is 1.92. The van der Waals surface area contributed by atoms with E-state index in [0.717, 1.165) is 0 Å². The molecule has 0 spiro atoms. The molecule has 0 saturated heterocycles. The average molecular weight is 275 g/mol. The van der Waals surface area contributed by atoms with Crippen LogP contribution in [0.3, 0.4) is 0 Å². The number of rotatable bonds is 4. The van der Waals surface area contributed by atoms with Gasteiger partial charge in [0.1, 0.15) is 12.2 Å². The number of nitrogens with one attached hydrogen (secondary N) is 3. The molecule has 3 N–H and O–H groups in total. The van der Waals surface area contributed by atoms with Crippen molar-refractivity contribution in [3.05, 3.63) is 27.5 Å². The molecular weight excluding hydrogens is 266 g/mol. The summed E-state index contributed by atoms with van der Waals surface area (Å²) >= 11 is 0.651. The van der Waals surface area contributed by atoms with Crippen LogP contribution in [0.1, 0.15) is 11.5 Å². The third kappa shape index (κ3) is 2.60.